The lowest BCUT2D eigenvalue weighted by molar-refractivity contribution is 0.0985. The second-order valence-electron chi connectivity index (χ2n) is 9.33. The Balaban J connectivity index is 1.50. The van der Waals surface area contributed by atoms with Gasteiger partial charge in [-0.25, -0.2) is 13.4 Å². The third kappa shape index (κ3) is 5.44. The van der Waals surface area contributed by atoms with E-state index in [-0.39, 0.29) is 17.3 Å². The molecule has 8 heteroatoms. The highest BCUT2D eigenvalue weighted by Gasteiger charge is 2.26. The molecule has 39 heavy (non-hydrogen) atoms. The number of anilines is 2. The predicted molar refractivity (Wildman–Crippen MR) is 159 cm³/mol. The number of rotatable bonds is 8. The standard InChI is InChI=1S/C31H29N3O3S2/c1-4-34(26-13-9-6-10-14-26)39(36,37)27-17-15-25(16-18-27)30(35)33(21-24-11-7-5-8-12-24)31-32-29-23(3)19-22(2)20-28(29)38-31/h5-20H,4,21H2,1-3H3. The largest absolute Gasteiger partial charge is 0.279 e. The van der Waals surface area contributed by atoms with Gasteiger partial charge in [0.05, 0.1) is 27.3 Å². The molecule has 6 nitrogen and oxygen atoms in total. The summed E-state index contributed by atoms with van der Waals surface area (Å²) in [6.07, 6.45) is 0. The number of sulfonamides is 1. The van der Waals surface area contributed by atoms with Crippen LogP contribution in [0.4, 0.5) is 10.8 Å². The van der Waals surface area contributed by atoms with Crippen molar-refractivity contribution in [1.29, 1.82) is 0 Å². The van der Waals surface area contributed by atoms with Crippen molar-refractivity contribution >= 4 is 48.3 Å². The molecule has 5 rings (SSSR count). The van der Waals surface area contributed by atoms with Crippen LogP contribution in [0.25, 0.3) is 10.2 Å². The number of thiazole rings is 1. The Kier molecular flexibility index (Phi) is 7.50. The van der Waals surface area contributed by atoms with E-state index in [4.69, 9.17) is 4.98 Å². The lowest BCUT2D eigenvalue weighted by Crippen LogP contribution is -2.31. The zero-order chi connectivity index (χ0) is 27.6. The van der Waals surface area contributed by atoms with E-state index in [1.807, 2.05) is 50.2 Å². The highest BCUT2D eigenvalue weighted by atomic mass is 32.2. The summed E-state index contributed by atoms with van der Waals surface area (Å²) in [4.78, 5) is 20.5. The van der Waals surface area contributed by atoms with Crippen LogP contribution in [0.1, 0.15) is 34.0 Å². The maximum Gasteiger partial charge on any atom is 0.264 e. The first-order valence-electron chi connectivity index (χ1n) is 12.7. The van der Waals surface area contributed by atoms with Gasteiger partial charge in [0.2, 0.25) is 0 Å². The Morgan fingerprint density at radius 1 is 0.872 bits per heavy atom. The maximum atomic E-state index is 13.9. The molecular weight excluding hydrogens is 526 g/mol. The van der Waals surface area contributed by atoms with E-state index in [2.05, 4.69) is 12.1 Å². The fourth-order valence-electron chi connectivity index (χ4n) is 4.60. The molecule has 0 aliphatic rings. The van der Waals surface area contributed by atoms with Gasteiger partial charge < -0.3 is 0 Å². The van der Waals surface area contributed by atoms with Crippen molar-refractivity contribution in [2.75, 3.05) is 15.7 Å². The zero-order valence-corrected chi connectivity index (χ0v) is 23.7. The first kappa shape index (κ1) is 26.6. The number of carbonyl (C=O) groups excluding carboxylic acids is 1. The molecule has 0 aliphatic carbocycles. The Morgan fingerprint density at radius 3 is 2.15 bits per heavy atom. The smallest absolute Gasteiger partial charge is 0.264 e. The first-order valence-corrected chi connectivity index (χ1v) is 14.9. The highest BCUT2D eigenvalue weighted by Crippen LogP contribution is 2.33. The molecule has 0 radical (unpaired) electrons. The number of amides is 1. The first-order chi connectivity index (χ1) is 18.8. The molecule has 198 valence electrons. The number of aromatic nitrogens is 1. The summed E-state index contributed by atoms with van der Waals surface area (Å²) in [7, 11) is -3.80. The van der Waals surface area contributed by atoms with E-state index < -0.39 is 10.0 Å². The minimum Gasteiger partial charge on any atom is -0.279 e. The monoisotopic (exact) mass is 555 g/mol. The van der Waals surface area contributed by atoms with Crippen molar-refractivity contribution in [1.82, 2.24) is 4.98 Å². The molecule has 0 aliphatic heterocycles. The van der Waals surface area contributed by atoms with Crippen LogP contribution in [0.5, 0.6) is 0 Å². The van der Waals surface area contributed by atoms with Crippen molar-refractivity contribution in [3.63, 3.8) is 0 Å². The van der Waals surface area contributed by atoms with Crippen LogP contribution in [0.3, 0.4) is 0 Å². The van der Waals surface area contributed by atoms with Crippen LogP contribution in [-0.2, 0) is 16.6 Å². The van der Waals surface area contributed by atoms with E-state index in [1.165, 1.54) is 27.8 Å². The van der Waals surface area contributed by atoms with Crippen molar-refractivity contribution in [3.8, 4) is 0 Å². The van der Waals surface area contributed by atoms with Crippen LogP contribution >= 0.6 is 11.3 Å². The van der Waals surface area contributed by atoms with E-state index in [0.29, 0.717) is 22.9 Å². The van der Waals surface area contributed by atoms with Crippen LogP contribution < -0.4 is 9.21 Å². The lowest BCUT2D eigenvalue weighted by atomic mass is 10.1. The van der Waals surface area contributed by atoms with E-state index in [1.54, 1.807) is 48.2 Å². The van der Waals surface area contributed by atoms with Gasteiger partial charge in [-0.15, -0.1) is 0 Å². The zero-order valence-electron chi connectivity index (χ0n) is 22.0. The average Bonchev–Trinajstić information content (AvgIpc) is 3.37. The minimum atomic E-state index is -3.80. The molecule has 0 unspecified atom stereocenters. The Hall–Kier alpha value is -4.01. The molecule has 0 saturated carbocycles. The molecule has 0 N–H and O–H groups in total. The molecule has 1 aromatic heterocycles. The molecule has 1 heterocycles. The topological polar surface area (TPSA) is 70.6 Å². The third-order valence-electron chi connectivity index (χ3n) is 6.50. The number of hydrogen-bond donors (Lipinski definition) is 0. The normalized spacial score (nSPS) is 11.5. The van der Waals surface area contributed by atoms with Crippen molar-refractivity contribution in [2.45, 2.75) is 32.2 Å². The molecule has 0 fully saturated rings. The van der Waals surface area contributed by atoms with Crippen molar-refractivity contribution < 1.29 is 13.2 Å². The molecule has 0 atom stereocenters. The van der Waals surface area contributed by atoms with Gasteiger partial charge in [0, 0.05) is 12.1 Å². The third-order valence-corrected chi connectivity index (χ3v) is 9.44. The van der Waals surface area contributed by atoms with E-state index in [9.17, 15) is 13.2 Å². The van der Waals surface area contributed by atoms with Gasteiger partial charge in [-0.2, -0.15) is 0 Å². The highest BCUT2D eigenvalue weighted by molar-refractivity contribution is 7.92. The van der Waals surface area contributed by atoms with Gasteiger partial charge in [0.1, 0.15) is 0 Å². The van der Waals surface area contributed by atoms with Crippen molar-refractivity contribution in [2.24, 2.45) is 0 Å². The number of aryl methyl sites for hydroxylation is 2. The summed E-state index contributed by atoms with van der Waals surface area (Å²) in [6.45, 7) is 6.50. The minimum absolute atomic E-state index is 0.130. The van der Waals surface area contributed by atoms with Crippen LogP contribution in [-0.4, -0.2) is 25.9 Å². The van der Waals surface area contributed by atoms with Gasteiger partial charge in [-0.3, -0.25) is 14.0 Å². The summed E-state index contributed by atoms with van der Waals surface area (Å²) in [5.41, 5.74) is 5.04. The number of benzene rings is 4. The average molecular weight is 556 g/mol. The lowest BCUT2D eigenvalue weighted by Gasteiger charge is -2.23. The molecule has 0 bridgehead atoms. The Bertz CT molecular complexity index is 1720. The number of hydrogen-bond acceptors (Lipinski definition) is 5. The fraction of sp³-hybridized carbons (Fsp3) is 0.161. The second kappa shape index (κ2) is 11.0. The second-order valence-corrected chi connectivity index (χ2v) is 12.2. The Morgan fingerprint density at radius 2 is 1.51 bits per heavy atom. The summed E-state index contributed by atoms with van der Waals surface area (Å²) in [5.74, 6) is -0.244. The van der Waals surface area contributed by atoms with Crippen LogP contribution in [0.2, 0.25) is 0 Å². The van der Waals surface area contributed by atoms with Gasteiger partial charge in [-0.1, -0.05) is 65.9 Å². The maximum absolute atomic E-state index is 13.9. The fourth-order valence-corrected chi connectivity index (χ4v) is 7.22. The molecular formula is C31H29N3O3S2. The summed E-state index contributed by atoms with van der Waals surface area (Å²) >= 11 is 1.48. The van der Waals surface area contributed by atoms with E-state index >= 15 is 0 Å². The van der Waals surface area contributed by atoms with Crippen LogP contribution in [0.15, 0.2) is 102 Å². The van der Waals surface area contributed by atoms with Gasteiger partial charge >= 0.3 is 0 Å². The number of fused-ring (bicyclic) bond motifs is 1. The summed E-state index contributed by atoms with van der Waals surface area (Å²) in [5, 5.41) is 0.602. The number of carbonyl (C=O) groups is 1. The van der Waals surface area contributed by atoms with Crippen molar-refractivity contribution in [3.05, 3.63) is 119 Å². The molecule has 0 spiro atoms. The number of nitrogens with zero attached hydrogens (tertiary/aromatic N) is 3. The Labute approximate surface area is 233 Å². The quantitative estimate of drug-likeness (QED) is 0.207. The van der Waals surface area contributed by atoms with Crippen LogP contribution in [0, 0.1) is 13.8 Å². The SMILES string of the molecule is CCN(c1ccccc1)S(=O)(=O)c1ccc(C(=O)N(Cc2ccccc2)c2nc3c(C)cc(C)cc3s2)cc1. The summed E-state index contributed by atoms with van der Waals surface area (Å²) in [6, 6.07) is 29.1. The molecule has 4 aromatic carbocycles. The summed E-state index contributed by atoms with van der Waals surface area (Å²) < 4.78 is 29.2. The molecule has 1 amide bonds. The van der Waals surface area contributed by atoms with Gasteiger partial charge in [0.15, 0.2) is 5.13 Å². The number of para-hydroxylation sites is 1. The molecule has 0 saturated heterocycles. The molecule has 5 aromatic rings. The predicted octanol–water partition coefficient (Wildman–Crippen LogP) is 6.98. The van der Waals surface area contributed by atoms with E-state index in [0.717, 1.165) is 26.9 Å². The van der Waals surface area contributed by atoms with Gasteiger partial charge in [-0.05, 0) is 79.9 Å². The van der Waals surface area contributed by atoms with Gasteiger partial charge in [0.25, 0.3) is 15.9 Å².